The lowest BCUT2D eigenvalue weighted by atomic mass is 9.63. The molecule has 48 heavy (non-hydrogen) atoms. The van der Waals surface area contributed by atoms with Crippen molar-refractivity contribution in [3.63, 3.8) is 0 Å². The van der Waals surface area contributed by atoms with Crippen LogP contribution in [0, 0.1) is 44.5 Å². The highest BCUT2D eigenvalue weighted by Gasteiger charge is 2.45. The van der Waals surface area contributed by atoms with Crippen LogP contribution in [0.15, 0.2) is 16.7 Å². The first-order valence-corrected chi connectivity index (χ1v) is 21.4. The first-order chi connectivity index (χ1) is 22.9. The molecule has 0 unspecified atom stereocenters. The molecule has 2 fully saturated rings. The SMILES string of the molecule is Cc1noc([C@@H](C(=O)Nc2ccc(-c3c(C)nn(COCC[Si](C)(C)C)c3C)c(F)n2)C(C2CCCCC2)C2CCCCC2)c1C(N)=O. The number of ether oxygens (including phenoxy) is 1. The molecule has 0 saturated heterocycles. The van der Waals surface area contributed by atoms with Crippen molar-refractivity contribution < 1.29 is 23.2 Å². The van der Waals surface area contributed by atoms with E-state index < -0.39 is 25.8 Å². The summed E-state index contributed by atoms with van der Waals surface area (Å²) in [5, 5.41) is 11.6. The molecule has 12 heteroatoms. The van der Waals surface area contributed by atoms with Crippen molar-refractivity contribution in [1.29, 1.82) is 0 Å². The number of nitrogens with two attached hydrogens (primary N) is 1. The number of carbonyl (C=O) groups is 2. The number of pyridine rings is 1. The Balaban J connectivity index is 1.43. The van der Waals surface area contributed by atoms with Crippen LogP contribution in [0.2, 0.25) is 25.7 Å². The van der Waals surface area contributed by atoms with Crippen molar-refractivity contribution in [2.24, 2.45) is 23.5 Å². The molecule has 2 amide bonds. The number of aromatic nitrogens is 4. The van der Waals surface area contributed by atoms with Crippen molar-refractivity contribution in [3.05, 3.63) is 46.5 Å². The third-order valence-electron chi connectivity index (χ3n) is 10.4. The molecule has 3 heterocycles. The van der Waals surface area contributed by atoms with Gasteiger partial charge in [-0.25, -0.2) is 9.67 Å². The summed E-state index contributed by atoms with van der Waals surface area (Å²) in [5.74, 6) is -1.76. The number of nitrogens with one attached hydrogen (secondary N) is 1. The smallest absolute Gasteiger partial charge is 0.254 e. The molecule has 5 rings (SSSR count). The summed E-state index contributed by atoms with van der Waals surface area (Å²) in [4.78, 5) is 31.3. The molecule has 10 nitrogen and oxygen atoms in total. The zero-order valence-electron chi connectivity index (χ0n) is 29.5. The first-order valence-electron chi connectivity index (χ1n) is 17.7. The van der Waals surface area contributed by atoms with Gasteiger partial charge in [-0.1, -0.05) is 89.0 Å². The molecule has 1 atom stereocenters. The number of carbonyl (C=O) groups excluding carboxylic acids is 2. The van der Waals surface area contributed by atoms with E-state index in [1.807, 2.05) is 13.8 Å². The van der Waals surface area contributed by atoms with Gasteiger partial charge in [0.1, 0.15) is 24.0 Å². The minimum atomic E-state index is -1.22. The zero-order chi connectivity index (χ0) is 34.6. The van der Waals surface area contributed by atoms with E-state index in [4.69, 9.17) is 15.0 Å². The molecule has 2 aliphatic carbocycles. The van der Waals surface area contributed by atoms with Gasteiger partial charge >= 0.3 is 0 Å². The Kier molecular flexibility index (Phi) is 11.6. The maximum absolute atomic E-state index is 15.8. The van der Waals surface area contributed by atoms with E-state index >= 15 is 4.39 Å². The van der Waals surface area contributed by atoms with E-state index in [1.165, 1.54) is 12.8 Å². The maximum atomic E-state index is 15.8. The molecular weight excluding hydrogens is 628 g/mol. The van der Waals surface area contributed by atoms with Crippen LogP contribution in [0.5, 0.6) is 0 Å². The normalized spacial score (nSPS) is 17.2. The predicted octanol–water partition coefficient (Wildman–Crippen LogP) is 7.91. The Morgan fingerprint density at radius 1 is 1.02 bits per heavy atom. The lowest BCUT2D eigenvalue weighted by molar-refractivity contribution is -0.121. The predicted molar refractivity (Wildman–Crippen MR) is 187 cm³/mol. The number of hydrogen-bond donors (Lipinski definition) is 2. The number of amides is 2. The van der Waals surface area contributed by atoms with Gasteiger partial charge in [0.25, 0.3) is 5.91 Å². The van der Waals surface area contributed by atoms with E-state index in [1.54, 1.807) is 23.7 Å². The number of primary amides is 1. The third-order valence-corrected chi connectivity index (χ3v) is 12.1. The molecule has 0 aliphatic heterocycles. The molecule has 3 aromatic heterocycles. The topological polar surface area (TPSA) is 138 Å². The van der Waals surface area contributed by atoms with Crippen molar-refractivity contribution in [2.45, 2.75) is 123 Å². The van der Waals surface area contributed by atoms with Crippen LogP contribution in [0.1, 0.15) is 103 Å². The van der Waals surface area contributed by atoms with E-state index in [0.717, 1.165) is 63.1 Å². The lowest BCUT2D eigenvalue weighted by Gasteiger charge is -2.41. The minimum Gasteiger partial charge on any atom is -0.365 e. The Bertz CT molecular complexity index is 1570. The number of aryl methyl sites for hydroxylation is 2. The molecule has 3 N–H and O–H groups in total. The Labute approximate surface area is 284 Å². The van der Waals surface area contributed by atoms with Crippen LogP contribution < -0.4 is 11.1 Å². The van der Waals surface area contributed by atoms with Crippen LogP contribution in [0.25, 0.3) is 11.1 Å². The fraction of sp³-hybridized carbons (Fsp3) is 0.639. The van der Waals surface area contributed by atoms with E-state index in [0.29, 0.717) is 35.9 Å². The second kappa shape index (κ2) is 15.4. The summed E-state index contributed by atoms with van der Waals surface area (Å²) in [6, 6.07) is 4.30. The molecule has 0 radical (unpaired) electrons. The van der Waals surface area contributed by atoms with Crippen LogP contribution in [0.3, 0.4) is 0 Å². The molecule has 0 bridgehead atoms. The molecule has 2 aliphatic rings. The second-order valence-electron chi connectivity index (χ2n) is 15.1. The maximum Gasteiger partial charge on any atom is 0.254 e. The number of halogens is 1. The summed E-state index contributed by atoms with van der Waals surface area (Å²) in [7, 11) is -1.22. The minimum absolute atomic E-state index is 0.0655. The monoisotopic (exact) mass is 680 g/mol. The highest BCUT2D eigenvalue weighted by atomic mass is 28.3. The molecule has 2 saturated carbocycles. The number of rotatable bonds is 13. The van der Waals surface area contributed by atoms with Gasteiger partial charge in [0.05, 0.1) is 11.4 Å². The summed E-state index contributed by atoms with van der Waals surface area (Å²) < 4.78 is 29.3. The van der Waals surface area contributed by atoms with Gasteiger partial charge in [0.2, 0.25) is 11.9 Å². The summed E-state index contributed by atoms with van der Waals surface area (Å²) >= 11 is 0. The molecule has 262 valence electrons. The lowest BCUT2D eigenvalue weighted by Crippen LogP contribution is -2.39. The highest BCUT2D eigenvalue weighted by molar-refractivity contribution is 6.76. The van der Waals surface area contributed by atoms with Crippen molar-refractivity contribution in [3.8, 4) is 11.1 Å². The van der Waals surface area contributed by atoms with Gasteiger partial charge in [-0.3, -0.25) is 9.59 Å². The van der Waals surface area contributed by atoms with Gasteiger partial charge in [0.15, 0.2) is 5.76 Å². The molecule has 0 aromatic carbocycles. The summed E-state index contributed by atoms with van der Waals surface area (Å²) in [6.07, 6.45) is 10.8. The zero-order valence-corrected chi connectivity index (χ0v) is 30.5. The number of hydrogen-bond acceptors (Lipinski definition) is 7. The molecule has 0 spiro atoms. The van der Waals surface area contributed by atoms with Gasteiger partial charge in [-0.05, 0) is 56.7 Å². The van der Waals surface area contributed by atoms with Crippen LogP contribution in [0.4, 0.5) is 10.2 Å². The Hall–Kier alpha value is -3.38. The van der Waals surface area contributed by atoms with E-state index in [-0.39, 0.29) is 40.8 Å². The van der Waals surface area contributed by atoms with E-state index in [9.17, 15) is 9.59 Å². The Morgan fingerprint density at radius 3 is 2.21 bits per heavy atom. The van der Waals surface area contributed by atoms with Crippen molar-refractivity contribution in [2.75, 3.05) is 11.9 Å². The van der Waals surface area contributed by atoms with Gasteiger partial charge in [0, 0.05) is 31.5 Å². The van der Waals surface area contributed by atoms with Gasteiger partial charge in [-0.2, -0.15) is 9.49 Å². The fourth-order valence-electron chi connectivity index (χ4n) is 7.97. The van der Waals surface area contributed by atoms with Crippen molar-refractivity contribution in [1.82, 2.24) is 19.9 Å². The number of anilines is 1. The average molecular weight is 681 g/mol. The quantitative estimate of drug-likeness (QED) is 0.106. The molecular formula is C36H53FN6O4Si. The second-order valence-corrected chi connectivity index (χ2v) is 20.8. The van der Waals surface area contributed by atoms with Crippen LogP contribution in [-0.2, 0) is 16.3 Å². The van der Waals surface area contributed by atoms with Crippen LogP contribution in [-0.4, -0.2) is 46.4 Å². The van der Waals surface area contributed by atoms with E-state index in [2.05, 4.69) is 40.2 Å². The number of nitrogens with zero attached hydrogens (tertiary/aromatic N) is 4. The fourth-order valence-corrected chi connectivity index (χ4v) is 8.73. The van der Waals surface area contributed by atoms with Crippen LogP contribution >= 0.6 is 0 Å². The van der Waals surface area contributed by atoms with Crippen molar-refractivity contribution >= 4 is 25.7 Å². The third kappa shape index (κ3) is 8.24. The molecule has 3 aromatic rings. The largest absolute Gasteiger partial charge is 0.365 e. The average Bonchev–Trinajstić information content (AvgIpc) is 3.56. The van der Waals surface area contributed by atoms with Gasteiger partial charge < -0.3 is 20.3 Å². The standard InChI is InChI=1S/C36H53FN6O4Si/c1-22-29(24(3)43(41-22)21-46-19-20-48(4,5)6)27-17-18-28(39-34(27)37)40-36(45)32(33-30(35(38)44)23(2)42-47-33)31(25-13-9-7-10-14-25)26-15-11-8-12-16-26/h17-18,25-26,31-32H,7-16,19-21H2,1-6H3,(H2,38,44)(H,39,40,45)/t32-/m0/s1. The summed E-state index contributed by atoms with van der Waals surface area (Å²) in [5.41, 5.74) is 8.76. The highest BCUT2D eigenvalue weighted by Crippen LogP contribution is 2.48. The Morgan fingerprint density at radius 2 is 1.65 bits per heavy atom. The summed E-state index contributed by atoms with van der Waals surface area (Å²) in [6.45, 7) is 13.3. The van der Waals surface area contributed by atoms with Gasteiger partial charge in [-0.15, -0.1) is 0 Å². The first kappa shape index (κ1) is 35.9.